The minimum atomic E-state index is -0.429. The lowest BCUT2D eigenvalue weighted by molar-refractivity contribution is -0.129. The molecule has 1 unspecified atom stereocenters. The minimum Gasteiger partial charge on any atom is -0.391 e. The van der Waals surface area contributed by atoms with Crippen LogP contribution in [-0.2, 0) is 4.79 Å². The lowest BCUT2D eigenvalue weighted by Gasteiger charge is -2.36. The van der Waals surface area contributed by atoms with Gasteiger partial charge in [0, 0.05) is 5.92 Å². The third kappa shape index (κ3) is 3.16. The zero-order chi connectivity index (χ0) is 14.8. The molecule has 0 saturated heterocycles. The summed E-state index contributed by atoms with van der Waals surface area (Å²) in [5.41, 5.74) is 5.68. The first-order valence-electron chi connectivity index (χ1n) is 7.99. The highest BCUT2D eigenvalue weighted by atomic mass is 32.1. The van der Waals surface area contributed by atoms with E-state index in [0.29, 0.717) is 4.99 Å². The van der Waals surface area contributed by atoms with E-state index in [-0.39, 0.29) is 17.2 Å². The van der Waals surface area contributed by atoms with Crippen molar-refractivity contribution in [2.45, 2.75) is 77.2 Å². The first-order valence-corrected chi connectivity index (χ1v) is 8.40. The Morgan fingerprint density at radius 2 is 1.70 bits per heavy atom. The third-order valence-corrected chi connectivity index (χ3v) is 5.76. The van der Waals surface area contributed by atoms with Crippen LogP contribution in [0, 0.1) is 11.3 Å². The van der Waals surface area contributed by atoms with Crippen molar-refractivity contribution in [2.24, 2.45) is 17.1 Å². The highest BCUT2D eigenvalue weighted by molar-refractivity contribution is 7.80. The van der Waals surface area contributed by atoms with Crippen LogP contribution in [0.5, 0.6) is 0 Å². The fourth-order valence-corrected chi connectivity index (χ4v) is 4.16. The van der Waals surface area contributed by atoms with Gasteiger partial charge >= 0.3 is 0 Å². The van der Waals surface area contributed by atoms with E-state index >= 15 is 0 Å². The summed E-state index contributed by atoms with van der Waals surface area (Å²) in [6.45, 7) is 4.40. The van der Waals surface area contributed by atoms with Gasteiger partial charge in [-0.05, 0) is 31.1 Å². The van der Waals surface area contributed by atoms with Crippen molar-refractivity contribution in [1.29, 1.82) is 0 Å². The second kappa shape index (κ2) is 6.00. The molecule has 0 aromatic carbocycles. The molecule has 20 heavy (non-hydrogen) atoms. The first-order chi connectivity index (χ1) is 9.37. The van der Waals surface area contributed by atoms with E-state index in [4.69, 9.17) is 18.0 Å². The minimum absolute atomic E-state index is 0.103. The Kier molecular flexibility index (Phi) is 4.73. The van der Waals surface area contributed by atoms with Crippen molar-refractivity contribution < 1.29 is 4.79 Å². The zero-order valence-corrected chi connectivity index (χ0v) is 13.7. The summed E-state index contributed by atoms with van der Waals surface area (Å²) in [6.07, 6.45) is 9.71. The highest BCUT2D eigenvalue weighted by Crippen LogP contribution is 2.43. The van der Waals surface area contributed by atoms with Gasteiger partial charge in [-0.15, -0.1) is 0 Å². The van der Waals surface area contributed by atoms with Gasteiger partial charge in [0.1, 0.15) is 0 Å². The molecule has 3 N–H and O–H groups in total. The Balaban J connectivity index is 2.12. The Hall–Kier alpha value is -0.640. The molecule has 3 nitrogen and oxygen atoms in total. The van der Waals surface area contributed by atoms with Crippen LogP contribution in [0.4, 0.5) is 0 Å². The van der Waals surface area contributed by atoms with Crippen LogP contribution < -0.4 is 11.1 Å². The third-order valence-electron chi connectivity index (χ3n) is 5.36. The van der Waals surface area contributed by atoms with Crippen molar-refractivity contribution in [3.05, 3.63) is 0 Å². The molecule has 0 aromatic rings. The lowest BCUT2D eigenvalue weighted by Crippen LogP contribution is -2.58. The lowest BCUT2D eigenvalue weighted by atomic mass is 9.80. The Morgan fingerprint density at radius 1 is 1.10 bits per heavy atom. The fourth-order valence-electron chi connectivity index (χ4n) is 3.90. The van der Waals surface area contributed by atoms with Gasteiger partial charge in [0.05, 0.1) is 10.5 Å². The number of rotatable bonds is 3. The van der Waals surface area contributed by atoms with Crippen LogP contribution in [0.25, 0.3) is 0 Å². The predicted molar refractivity (Wildman–Crippen MR) is 86.5 cm³/mol. The van der Waals surface area contributed by atoms with Crippen LogP contribution in [-0.4, -0.2) is 16.4 Å². The number of nitrogens with two attached hydrogens (primary N) is 1. The average molecular weight is 296 g/mol. The summed E-state index contributed by atoms with van der Waals surface area (Å²) in [5.74, 6) is 0.277. The number of hydrogen-bond acceptors (Lipinski definition) is 2. The number of hydrogen-bond donors (Lipinski definition) is 2. The van der Waals surface area contributed by atoms with Gasteiger partial charge in [-0.3, -0.25) is 4.79 Å². The van der Waals surface area contributed by atoms with E-state index in [2.05, 4.69) is 19.2 Å². The highest BCUT2D eigenvalue weighted by Gasteiger charge is 2.43. The Labute approximate surface area is 128 Å². The fraction of sp³-hybridized carbons (Fsp3) is 0.875. The van der Waals surface area contributed by atoms with Crippen LogP contribution in [0.1, 0.15) is 71.6 Å². The molecule has 1 amide bonds. The van der Waals surface area contributed by atoms with E-state index < -0.39 is 5.54 Å². The van der Waals surface area contributed by atoms with Crippen LogP contribution in [0.3, 0.4) is 0 Å². The maximum absolute atomic E-state index is 12.7. The van der Waals surface area contributed by atoms with E-state index in [9.17, 15) is 4.79 Å². The molecular formula is C16H28N2OS. The summed E-state index contributed by atoms with van der Waals surface area (Å²) in [5, 5.41) is 3.26. The molecule has 2 aliphatic rings. The van der Waals surface area contributed by atoms with Gasteiger partial charge in [-0.1, -0.05) is 58.2 Å². The smallest absolute Gasteiger partial charge is 0.224 e. The molecule has 2 fully saturated rings. The summed E-state index contributed by atoms with van der Waals surface area (Å²) in [7, 11) is 0. The number of amides is 1. The van der Waals surface area contributed by atoms with Gasteiger partial charge in [-0.2, -0.15) is 0 Å². The summed E-state index contributed by atoms with van der Waals surface area (Å²) >= 11 is 5.30. The van der Waals surface area contributed by atoms with Crippen molar-refractivity contribution in [2.75, 3.05) is 0 Å². The topological polar surface area (TPSA) is 55.1 Å². The van der Waals surface area contributed by atoms with E-state index in [1.807, 2.05) is 0 Å². The maximum atomic E-state index is 12.7. The molecule has 2 saturated carbocycles. The first kappa shape index (κ1) is 15.7. The van der Waals surface area contributed by atoms with Crippen molar-refractivity contribution >= 4 is 23.1 Å². The normalized spacial score (nSPS) is 28.6. The zero-order valence-electron chi connectivity index (χ0n) is 12.8. The van der Waals surface area contributed by atoms with Crippen molar-refractivity contribution in [3.63, 3.8) is 0 Å². The SMILES string of the molecule is CC1(C)CCCC1C(=O)NC1(C(N)=S)CCCCCC1. The van der Waals surface area contributed by atoms with Crippen LogP contribution in [0.2, 0.25) is 0 Å². The Bertz CT molecular complexity index is 384. The quantitative estimate of drug-likeness (QED) is 0.620. The molecule has 0 aliphatic heterocycles. The van der Waals surface area contributed by atoms with Crippen LogP contribution >= 0.6 is 12.2 Å². The molecule has 0 heterocycles. The summed E-state index contributed by atoms with van der Waals surface area (Å²) < 4.78 is 0. The maximum Gasteiger partial charge on any atom is 0.224 e. The molecular weight excluding hydrogens is 268 g/mol. The molecule has 0 bridgehead atoms. The molecule has 2 rings (SSSR count). The molecule has 114 valence electrons. The van der Waals surface area contributed by atoms with Gasteiger partial charge in [0.2, 0.25) is 5.91 Å². The molecule has 0 spiro atoms. The summed E-state index contributed by atoms with van der Waals surface area (Å²) in [4.78, 5) is 13.2. The Morgan fingerprint density at radius 3 is 2.15 bits per heavy atom. The van der Waals surface area contributed by atoms with E-state index in [0.717, 1.165) is 44.9 Å². The average Bonchev–Trinajstić information content (AvgIpc) is 2.59. The number of nitrogens with one attached hydrogen (secondary N) is 1. The number of carbonyl (C=O) groups is 1. The second-order valence-corrected chi connectivity index (χ2v) is 7.72. The van der Waals surface area contributed by atoms with Gasteiger partial charge in [-0.25, -0.2) is 0 Å². The molecule has 4 heteroatoms. The van der Waals surface area contributed by atoms with Crippen LogP contribution in [0.15, 0.2) is 0 Å². The van der Waals surface area contributed by atoms with Gasteiger partial charge in [0.25, 0.3) is 0 Å². The van der Waals surface area contributed by atoms with Crippen molar-refractivity contribution in [1.82, 2.24) is 5.32 Å². The standard InChI is InChI=1S/C16H28N2OS/c1-15(2)9-7-8-12(15)13(19)18-16(14(17)20)10-5-3-4-6-11-16/h12H,3-11H2,1-2H3,(H2,17,20)(H,18,19). The number of thiocarbonyl (C=S) groups is 1. The molecule has 0 aromatic heterocycles. The largest absolute Gasteiger partial charge is 0.391 e. The second-order valence-electron chi connectivity index (χ2n) is 7.28. The van der Waals surface area contributed by atoms with E-state index in [1.54, 1.807) is 0 Å². The molecule has 0 radical (unpaired) electrons. The van der Waals surface area contributed by atoms with Crippen molar-refractivity contribution in [3.8, 4) is 0 Å². The van der Waals surface area contributed by atoms with Gasteiger partial charge < -0.3 is 11.1 Å². The number of carbonyl (C=O) groups excluding carboxylic acids is 1. The van der Waals surface area contributed by atoms with Gasteiger partial charge in [0.15, 0.2) is 0 Å². The predicted octanol–water partition coefficient (Wildman–Crippen LogP) is 3.31. The molecule has 2 aliphatic carbocycles. The summed E-state index contributed by atoms with van der Waals surface area (Å²) in [6, 6.07) is 0. The monoisotopic (exact) mass is 296 g/mol. The molecule has 1 atom stereocenters. The van der Waals surface area contributed by atoms with E-state index in [1.165, 1.54) is 12.8 Å².